The van der Waals surface area contributed by atoms with Crippen LogP contribution in [0.25, 0.3) is 0 Å². The minimum Gasteiger partial charge on any atom is -0.399 e. The van der Waals surface area contributed by atoms with Crippen molar-refractivity contribution in [2.75, 3.05) is 5.73 Å². The molecule has 50 valence electrons. The van der Waals surface area contributed by atoms with Crippen molar-refractivity contribution in [3.05, 3.63) is 24.3 Å². The molecule has 0 saturated heterocycles. The summed E-state index contributed by atoms with van der Waals surface area (Å²) < 4.78 is 0. The molecule has 0 bridgehead atoms. The summed E-state index contributed by atoms with van der Waals surface area (Å²) in [5.41, 5.74) is 6.17. The second-order valence-electron chi connectivity index (χ2n) is 1.59. The van der Waals surface area contributed by atoms with Crippen molar-refractivity contribution < 1.29 is 0 Å². The lowest BCUT2D eigenvalue weighted by Gasteiger charge is -1.90. The molecule has 0 saturated carbocycles. The van der Waals surface area contributed by atoms with Crippen LogP contribution in [0.5, 0.6) is 0 Å². The maximum Gasteiger partial charge on any atom is 0.0325 e. The average molecular weight is 162 g/mol. The molecule has 1 rings (SSSR count). The van der Waals surface area contributed by atoms with Gasteiger partial charge in [-0.25, -0.2) is 0 Å². The van der Waals surface area contributed by atoms with Gasteiger partial charge in [-0.3, -0.25) is 0 Å². The van der Waals surface area contributed by atoms with Crippen molar-refractivity contribution in [1.82, 2.24) is 0 Å². The summed E-state index contributed by atoms with van der Waals surface area (Å²) in [5.74, 6) is 0. The van der Waals surface area contributed by atoms with Crippen LogP contribution in [0.2, 0.25) is 0 Å². The first kappa shape index (κ1) is 8.66. The van der Waals surface area contributed by atoms with Crippen LogP contribution in [0, 0.1) is 0 Å². The quantitative estimate of drug-likeness (QED) is 0.442. The molecule has 1 aromatic carbocycles. The molecule has 0 amide bonds. The number of hydrogen-bond donors (Lipinski definition) is 2. The molecule has 1 aromatic rings. The van der Waals surface area contributed by atoms with Gasteiger partial charge in [0.25, 0.3) is 0 Å². The van der Waals surface area contributed by atoms with E-state index in [4.69, 9.17) is 5.73 Å². The Hall–Kier alpha value is -0.340. The molecule has 0 radical (unpaired) electrons. The summed E-state index contributed by atoms with van der Waals surface area (Å²) in [6.45, 7) is 0. The van der Waals surface area contributed by atoms with Gasteiger partial charge in [0.15, 0.2) is 0 Å². The Balaban J connectivity index is 0.000000640. The third kappa shape index (κ3) is 2.63. The van der Waals surface area contributed by atoms with Gasteiger partial charge in [-0.1, -0.05) is 6.07 Å². The van der Waals surface area contributed by atoms with E-state index in [0.29, 0.717) is 0 Å². The van der Waals surface area contributed by atoms with E-state index >= 15 is 0 Å². The Kier molecular flexibility index (Phi) is 3.50. The van der Waals surface area contributed by atoms with Gasteiger partial charge >= 0.3 is 0 Å². The van der Waals surface area contributed by atoms with E-state index < -0.39 is 0 Å². The highest BCUT2D eigenvalue weighted by atomic mass is 35.5. The molecule has 9 heavy (non-hydrogen) atoms. The minimum atomic E-state index is 0. The van der Waals surface area contributed by atoms with Crippen molar-refractivity contribution in [2.45, 2.75) is 4.90 Å². The molecule has 0 aliphatic carbocycles. The van der Waals surface area contributed by atoms with Crippen LogP contribution in [0.1, 0.15) is 0 Å². The average Bonchev–Trinajstić information content (AvgIpc) is 1.64. The molecule has 0 aliphatic rings. The Morgan fingerprint density at radius 1 is 1.33 bits per heavy atom. The zero-order valence-corrected chi connectivity index (χ0v) is 6.45. The monoisotopic (exact) mass is 161 g/mol. The third-order valence-corrected chi connectivity index (χ3v) is 1.15. The molecule has 0 atom stereocenters. The van der Waals surface area contributed by atoms with E-state index in [1.165, 1.54) is 0 Å². The lowest BCUT2D eigenvalue weighted by Crippen LogP contribution is -1.81. The zero-order chi connectivity index (χ0) is 5.98. The molecule has 0 spiro atoms. The number of halogens is 1. The lowest BCUT2D eigenvalue weighted by atomic mass is 10.3. The minimum absolute atomic E-state index is 0. The maximum atomic E-state index is 5.41. The number of nitrogen functional groups attached to an aromatic ring is 1. The predicted octanol–water partition coefficient (Wildman–Crippen LogP) is 1.98. The molecule has 3 heteroatoms. The summed E-state index contributed by atoms with van der Waals surface area (Å²) in [5, 5.41) is 0. The fourth-order valence-corrected chi connectivity index (χ4v) is 0.760. The molecule has 0 heterocycles. The Bertz CT molecular complexity index is 173. The molecule has 1 nitrogen and oxygen atoms in total. The third-order valence-electron chi connectivity index (χ3n) is 0.870. The van der Waals surface area contributed by atoms with Crippen LogP contribution < -0.4 is 5.73 Å². The van der Waals surface area contributed by atoms with Crippen molar-refractivity contribution >= 4 is 30.7 Å². The van der Waals surface area contributed by atoms with Crippen LogP contribution in [0.4, 0.5) is 5.69 Å². The second kappa shape index (κ2) is 3.64. The normalized spacial score (nSPS) is 8.11. The summed E-state index contributed by atoms with van der Waals surface area (Å²) in [4.78, 5) is 0.907. The molecule has 2 N–H and O–H groups in total. The highest BCUT2D eigenvalue weighted by molar-refractivity contribution is 7.80. The van der Waals surface area contributed by atoms with E-state index in [1.54, 1.807) is 0 Å². The van der Waals surface area contributed by atoms with E-state index in [2.05, 4.69) is 12.6 Å². The first-order valence-electron chi connectivity index (χ1n) is 2.33. The number of benzene rings is 1. The summed E-state index contributed by atoms with van der Waals surface area (Å²) in [6.07, 6.45) is 0. The molecule has 0 unspecified atom stereocenters. The van der Waals surface area contributed by atoms with Gasteiger partial charge < -0.3 is 5.73 Å². The molecular weight excluding hydrogens is 154 g/mol. The standard InChI is InChI=1S/C6H7NS.ClH/c7-5-2-1-3-6(8)4-5;/h1-4,8H,7H2;1H. The van der Waals surface area contributed by atoms with Crippen molar-refractivity contribution in [1.29, 1.82) is 0 Å². The molecular formula is C6H8ClNS. The summed E-state index contributed by atoms with van der Waals surface area (Å²) >= 11 is 4.07. The largest absolute Gasteiger partial charge is 0.399 e. The summed E-state index contributed by atoms with van der Waals surface area (Å²) in [6, 6.07) is 7.40. The van der Waals surface area contributed by atoms with Crippen LogP contribution >= 0.6 is 25.0 Å². The topological polar surface area (TPSA) is 26.0 Å². The van der Waals surface area contributed by atoms with Gasteiger partial charge in [0.2, 0.25) is 0 Å². The smallest absolute Gasteiger partial charge is 0.0325 e. The van der Waals surface area contributed by atoms with Crippen LogP contribution in [-0.2, 0) is 0 Å². The SMILES string of the molecule is Cl.Nc1cccc(S)c1. The number of thiol groups is 1. The van der Waals surface area contributed by atoms with Crippen molar-refractivity contribution in [2.24, 2.45) is 0 Å². The lowest BCUT2D eigenvalue weighted by molar-refractivity contribution is 1.48. The van der Waals surface area contributed by atoms with E-state index in [0.717, 1.165) is 10.6 Å². The fourth-order valence-electron chi connectivity index (χ4n) is 0.525. The Morgan fingerprint density at radius 2 is 2.00 bits per heavy atom. The number of anilines is 1. The highest BCUT2D eigenvalue weighted by Crippen LogP contribution is 2.08. The molecule has 0 aromatic heterocycles. The number of rotatable bonds is 0. The van der Waals surface area contributed by atoms with Crippen molar-refractivity contribution in [3.8, 4) is 0 Å². The Labute approximate surface area is 66.1 Å². The number of nitrogens with two attached hydrogens (primary N) is 1. The van der Waals surface area contributed by atoms with Gasteiger partial charge in [-0.15, -0.1) is 25.0 Å². The van der Waals surface area contributed by atoms with Gasteiger partial charge in [-0.05, 0) is 18.2 Å². The van der Waals surface area contributed by atoms with Crippen LogP contribution in [0.3, 0.4) is 0 Å². The van der Waals surface area contributed by atoms with Gasteiger partial charge in [0, 0.05) is 10.6 Å². The van der Waals surface area contributed by atoms with E-state index in [1.807, 2.05) is 24.3 Å². The molecule has 0 fully saturated rings. The van der Waals surface area contributed by atoms with E-state index in [-0.39, 0.29) is 12.4 Å². The second-order valence-corrected chi connectivity index (χ2v) is 2.11. The highest BCUT2D eigenvalue weighted by Gasteiger charge is 1.82. The van der Waals surface area contributed by atoms with Gasteiger partial charge in [0.1, 0.15) is 0 Å². The summed E-state index contributed by atoms with van der Waals surface area (Å²) in [7, 11) is 0. The van der Waals surface area contributed by atoms with Crippen molar-refractivity contribution in [3.63, 3.8) is 0 Å². The molecule has 0 aliphatic heterocycles. The zero-order valence-electron chi connectivity index (χ0n) is 4.74. The Morgan fingerprint density at radius 3 is 2.33 bits per heavy atom. The number of hydrogen-bond acceptors (Lipinski definition) is 2. The van der Waals surface area contributed by atoms with Crippen LogP contribution in [-0.4, -0.2) is 0 Å². The van der Waals surface area contributed by atoms with Gasteiger partial charge in [-0.2, -0.15) is 0 Å². The first-order valence-corrected chi connectivity index (χ1v) is 2.78. The van der Waals surface area contributed by atoms with Crippen LogP contribution in [0.15, 0.2) is 29.2 Å². The van der Waals surface area contributed by atoms with E-state index in [9.17, 15) is 0 Å². The fraction of sp³-hybridized carbons (Fsp3) is 0. The predicted molar refractivity (Wildman–Crippen MR) is 45.4 cm³/mol. The maximum absolute atomic E-state index is 5.41. The van der Waals surface area contributed by atoms with Gasteiger partial charge in [0.05, 0.1) is 0 Å². The first-order chi connectivity index (χ1) is 3.79.